The van der Waals surface area contributed by atoms with E-state index in [4.69, 9.17) is 4.74 Å². The molecule has 2 aromatic heterocycles. The number of methoxy groups -OCH3 is 1. The molecule has 1 aromatic carbocycles. The monoisotopic (exact) mass is 380 g/mol. The van der Waals surface area contributed by atoms with Crippen LogP contribution < -0.4 is 15.4 Å². The van der Waals surface area contributed by atoms with E-state index in [0.29, 0.717) is 29.4 Å². The summed E-state index contributed by atoms with van der Waals surface area (Å²) in [6.45, 7) is 4.75. The number of nitrogens with zero attached hydrogens (tertiary/aromatic N) is 2. The summed E-state index contributed by atoms with van der Waals surface area (Å²) < 4.78 is 6.90. The van der Waals surface area contributed by atoms with Gasteiger partial charge in [-0.15, -0.1) is 0 Å². The van der Waals surface area contributed by atoms with Gasteiger partial charge in [0.15, 0.2) is 5.69 Å². The number of carbonyl (C=O) groups is 2. The summed E-state index contributed by atoms with van der Waals surface area (Å²) in [5.41, 5.74) is 1.28. The van der Waals surface area contributed by atoms with Crippen LogP contribution in [0.25, 0.3) is 5.52 Å². The number of amides is 2. The van der Waals surface area contributed by atoms with Crippen molar-refractivity contribution in [1.82, 2.24) is 14.7 Å². The summed E-state index contributed by atoms with van der Waals surface area (Å²) >= 11 is 0. The molecule has 0 fully saturated rings. The van der Waals surface area contributed by atoms with Crippen molar-refractivity contribution in [2.24, 2.45) is 5.92 Å². The number of nitrogens with one attached hydrogen (secondary N) is 2. The molecule has 7 heteroatoms. The number of carbonyl (C=O) groups excluding carboxylic acids is 2. The Morgan fingerprint density at radius 3 is 2.61 bits per heavy atom. The number of para-hydroxylation sites is 2. The zero-order valence-electron chi connectivity index (χ0n) is 16.2. The lowest BCUT2D eigenvalue weighted by atomic mass is 10.1. The third kappa shape index (κ3) is 4.14. The fourth-order valence-electron chi connectivity index (χ4n) is 2.85. The number of pyridine rings is 1. The van der Waals surface area contributed by atoms with Crippen molar-refractivity contribution in [2.45, 2.75) is 20.3 Å². The molecule has 0 atom stereocenters. The van der Waals surface area contributed by atoms with Crippen LogP contribution in [0.1, 0.15) is 41.4 Å². The Labute approximate surface area is 163 Å². The van der Waals surface area contributed by atoms with Crippen LogP contribution in [-0.4, -0.2) is 34.9 Å². The van der Waals surface area contributed by atoms with Crippen molar-refractivity contribution in [2.75, 3.05) is 19.0 Å². The molecule has 0 radical (unpaired) electrons. The topological polar surface area (TPSA) is 84.7 Å². The fourth-order valence-corrected chi connectivity index (χ4v) is 2.85. The third-order valence-corrected chi connectivity index (χ3v) is 4.33. The maximum absolute atomic E-state index is 12.9. The van der Waals surface area contributed by atoms with E-state index in [1.54, 1.807) is 47.0 Å². The van der Waals surface area contributed by atoms with Gasteiger partial charge in [0, 0.05) is 12.7 Å². The quantitative estimate of drug-likeness (QED) is 0.658. The molecule has 2 amide bonds. The minimum atomic E-state index is -0.408. The molecule has 146 valence electrons. The predicted molar refractivity (Wildman–Crippen MR) is 108 cm³/mol. The summed E-state index contributed by atoms with van der Waals surface area (Å²) in [6, 6.07) is 12.5. The Kier molecular flexibility index (Phi) is 5.93. The van der Waals surface area contributed by atoms with Crippen molar-refractivity contribution in [1.29, 1.82) is 0 Å². The van der Waals surface area contributed by atoms with Crippen LogP contribution in [0.15, 0.2) is 48.7 Å². The summed E-state index contributed by atoms with van der Waals surface area (Å²) in [5.74, 6) is 0.502. The van der Waals surface area contributed by atoms with E-state index in [2.05, 4.69) is 29.5 Å². The van der Waals surface area contributed by atoms with Crippen LogP contribution in [0.3, 0.4) is 0 Å². The first-order valence-corrected chi connectivity index (χ1v) is 9.21. The fraction of sp³-hybridized carbons (Fsp3) is 0.286. The van der Waals surface area contributed by atoms with E-state index in [0.717, 1.165) is 6.42 Å². The number of hydrogen-bond acceptors (Lipinski definition) is 4. The molecular weight excluding hydrogens is 356 g/mol. The molecule has 0 aliphatic rings. The molecule has 0 saturated heterocycles. The van der Waals surface area contributed by atoms with Gasteiger partial charge in [-0.25, -0.2) is 4.98 Å². The number of fused-ring (bicyclic) bond motifs is 1. The molecule has 0 aliphatic carbocycles. The van der Waals surface area contributed by atoms with Crippen molar-refractivity contribution in [3.8, 4) is 5.75 Å². The van der Waals surface area contributed by atoms with Gasteiger partial charge >= 0.3 is 0 Å². The molecule has 3 aromatic rings. The molecule has 7 nitrogen and oxygen atoms in total. The van der Waals surface area contributed by atoms with Gasteiger partial charge < -0.3 is 15.4 Å². The zero-order valence-corrected chi connectivity index (χ0v) is 16.2. The van der Waals surface area contributed by atoms with Crippen LogP contribution in [0.4, 0.5) is 5.69 Å². The SMILES string of the molecule is COc1ccccc1NC(=O)c1nc(C(=O)NCCC(C)C)n2ccccc12. The lowest BCUT2D eigenvalue weighted by Crippen LogP contribution is -2.27. The molecule has 0 bridgehead atoms. The summed E-state index contributed by atoms with van der Waals surface area (Å²) in [5, 5.41) is 5.68. The molecule has 0 saturated carbocycles. The number of anilines is 1. The smallest absolute Gasteiger partial charge is 0.287 e. The van der Waals surface area contributed by atoms with Gasteiger partial charge in [-0.3, -0.25) is 14.0 Å². The van der Waals surface area contributed by atoms with Crippen LogP contribution in [-0.2, 0) is 0 Å². The van der Waals surface area contributed by atoms with E-state index in [1.807, 2.05) is 6.07 Å². The summed E-state index contributed by atoms with van der Waals surface area (Å²) in [4.78, 5) is 29.8. The Bertz CT molecular complexity index is 994. The molecule has 0 aliphatic heterocycles. The van der Waals surface area contributed by atoms with Crippen molar-refractivity contribution in [3.63, 3.8) is 0 Å². The van der Waals surface area contributed by atoms with Gasteiger partial charge in [-0.1, -0.05) is 32.0 Å². The standard InChI is InChI=1S/C21H24N4O3/c1-14(2)11-12-22-21(27)19-24-18(16-9-6-7-13-25(16)19)20(26)23-15-8-4-5-10-17(15)28-3/h4-10,13-14H,11-12H2,1-3H3,(H,22,27)(H,23,26). The van der Waals surface area contributed by atoms with E-state index in [-0.39, 0.29) is 17.4 Å². The minimum Gasteiger partial charge on any atom is -0.495 e. The van der Waals surface area contributed by atoms with E-state index in [9.17, 15) is 9.59 Å². The second-order valence-corrected chi connectivity index (χ2v) is 6.83. The van der Waals surface area contributed by atoms with Crippen LogP contribution >= 0.6 is 0 Å². The average Bonchev–Trinajstić information content (AvgIpc) is 3.08. The molecule has 2 heterocycles. The number of aromatic nitrogens is 2. The second kappa shape index (κ2) is 8.56. The summed E-state index contributed by atoms with van der Waals surface area (Å²) in [7, 11) is 1.54. The second-order valence-electron chi connectivity index (χ2n) is 6.83. The average molecular weight is 380 g/mol. The molecular formula is C21H24N4O3. The van der Waals surface area contributed by atoms with Crippen LogP contribution in [0, 0.1) is 5.92 Å². The van der Waals surface area contributed by atoms with E-state index in [1.165, 1.54) is 7.11 Å². The van der Waals surface area contributed by atoms with Gasteiger partial charge in [-0.05, 0) is 36.6 Å². The maximum Gasteiger partial charge on any atom is 0.287 e. The molecule has 0 spiro atoms. The molecule has 28 heavy (non-hydrogen) atoms. The maximum atomic E-state index is 12.9. The number of rotatable bonds is 7. The Hall–Kier alpha value is -3.35. The Morgan fingerprint density at radius 2 is 1.86 bits per heavy atom. The van der Waals surface area contributed by atoms with Gasteiger partial charge in [0.05, 0.1) is 18.3 Å². The third-order valence-electron chi connectivity index (χ3n) is 4.33. The normalized spacial score (nSPS) is 10.9. The lowest BCUT2D eigenvalue weighted by molar-refractivity contribution is 0.0941. The van der Waals surface area contributed by atoms with Gasteiger partial charge in [0.2, 0.25) is 5.82 Å². The van der Waals surface area contributed by atoms with Crippen LogP contribution in [0.2, 0.25) is 0 Å². The van der Waals surface area contributed by atoms with Crippen molar-refractivity contribution in [3.05, 3.63) is 60.2 Å². The highest BCUT2D eigenvalue weighted by atomic mass is 16.5. The number of ether oxygens (including phenoxy) is 1. The van der Waals surface area contributed by atoms with E-state index < -0.39 is 5.91 Å². The van der Waals surface area contributed by atoms with Crippen molar-refractivity contribution < 1.29 is 14.3 Å². The molecule has 3 rings (SSSR count). The highest BCUT2D eigenvalue weighted by Gasteiger charge is 2.22. The first-order valence-electron chi connectivity index (χ1n) is 9.21. The van der Waals surface area contributed by atoms with Gasteiger partial charge in [0.25, 0.3) is 11.8 Å². The summed E-state index contributed by atoms with van der Waals surface area (Å²) in [6.07, 6.45) is 2.59. The van der Waals surface area contributed by atoms with Crippen molar-refractivity contribution >= 4 is 23.0 Å². The number of imidazole rings is 1. The largest absolute Gasteiger partial charge is 0.495 e. The molecule has 0 unspecified atom stereocenters. The van der Waals surface area contributed by atoms with Gasteiger partial charge in [-0.2, -0.15) is 0 Å². The molecule has 2 N–H and O–H groups in total. The highest BCUT2D eigenvalue weighted by molar-refractivity contribution is 6.09. The minimum absolute atomic E-state index is 0.181. The number of hydrogen-bond donors (Lipinski definition) is 2. The first kappa shape index (κ1) is 19.4. The van der Waals surface area contributed by atoms with Gasteiger partial charge in [0.1, 0.15) is 5.75 Å². The highest BCUT2D eigenvalue weighted by Crippen LogP contribution is 2.24. The van der Waals surface area contributed by atoms with Crippen LogP contribution in [0.5, 0.6) is 5.75 Å². The lowest BCUT2D eigenvalue weighted by Gasteiger charge is -2.08. The van der Waals surface area contributed by atoms with E-state index >= 15 is 0 Å². The Balaban J connectivity index is 1.89. The zero-order chi connectivity index (χ0) is 20.1. The predicted octanol–water partition coefficient (Wildman–Crippen LogP) is 3.37. The first-order chi connectivity index (χ1) is 13.5. The Morgan fingerprint density at radius 1 is 1.11 bits per heavy atom. The number of benzene rings is 1.